The van der Waals surface area contributed by atoms with E-state index in [2.05, 4.69) is 25.6 Å². The molecule has 0 radical (unpaired) electrons. The maximum absolute atomic E-state index is 13.4. The Morgan fingerprint density at radius 2 is 1.76 bits per heavy atom. The Bertz CT molecular complexity index is 1680. The third-order valence-corrected chi connectivity index (χ3v) is 6.28. The highest BCUT2D eigenvalue weighted by Crippen LogP contribution is 2.24. The van der Waals surface area contributed by atoms with Gasteiger partial charge in [-0.25, -0.2) is 0 Å². The maximum Gasteiger partial charge on any atom is 0.273 e. The van der Waals surface area contributed by atoms with E-state index in [1.54, 1.807) is 41.2 Å². The molecule has 0 unspecified atom stereocenters. The molecule has 0 spiro atoms. The van der Waals surface area contributed by atoms with Crippen molar-refractivity contribution in [2.45, 2.75) is 33.7 Å². The summed E-state index contributed by atoms with van der Waals surface area (Å²) in [5.74, 6) is -0.414. The molecule has 8 heteroatoms. The number of benzene rings is 2. The van der Waals surface area contributed by atoms with Crippen LogP contribution in [-0.4, -0.2) is 36.7 Å². The van der Waals surface area contributed by atoms with Gasteiger partial charge in [0.25, 0.3) is 5.91 Å². The summed E-state index contributed by atoms with van der Waals surface area (Å²) in [5.41, 5.74) is 6.05. The third-order valence-electron chi connectivity index (χ3n) is 6.28. The van der Waals surface area contributed by atoms with Gasteiger partial charge < -0.3 is 5.32 Å². The monoisotopic (exact) mass is 504 g/mol. The highest BCUT2D eigenvalue weighted by molar-refractivity contribution is 6.12. The van der Waals surface area contributed by atoms with Crippen LogP contribution < -0.4 is 5.32 Å². The van der Waals surface area contributed by atoms with Crippen molar-refractivity contribution < 1.29 is 9.59 Å². The van der Waals surface area contributed by atoms with Crippen molar-refractivity contribution in [3.63, 3.8) is 0 Å². The SMILES string of the molecule is Cc1cc(C(=O)Nc2cc(C(=O)c3ccc4c(C=Cc5ccccn5)n[nH]c4c3)ccc2C)n(C(C)C)n1. The number of amides is 1. The summed E-state index contributed by atoms with van der Waals surface area (Å²) in [4.78, 5) is 30.8. The quantitative estimate of drug-likeness (QED) is 0.264. The molecule has 1 amide bonds. The molecule has 0 saturated carbocycles. The van der Waals surface area contributed by atoms with Crippen LogP contribution >= 0.6 is 0 Å². The van der Waals surface area contributed by atoms with Gasteiger partial charge in [-0.3, -0.25) is 24.4 Å². The van der Waals surface area contributed by atoms with Crippen LogP contribution in [0, 0.1) is 13.8 Å². The zero-order valence-electron chi connectivity index (χ0n) is 21.7. The van der Waals surface area contributed by atoms with Crippen LogP contribution in [0.4, 0.5) is 5.69 Å². The Morgan fingerprint density at radius 3 is 2.53 bits per heavy atom. The molecule has 8 nitrogen and oxygen atoms in total. The largest absolute Gasteiger partial charge is 0.320 e. The van der Waals surface area contributed by atoms with Gasteiger partial charge in [-0.1, -0.05) is 24.3 Å². The number of anilines is 1. The second kappa shape index (κ2) is 10.3. The Labute approximate surface area is 220 Å². The first-order valence-corrected chi connectivity index (χ1v) is 12.4. The molecule has 0 atom stereocenters. The van der Waals surface area contributed by atoms with Crippen molar-refractivity contribution in [3.8, 4) is 0 Å². The van der Waals surface area contributed by atoms with Gasteiger partial charge in [0, 0.05) is 34.4 Å². The molecule has 0 fully saturated rings. The molecule has 0 aliphatic rings. The summed E-state index contributed by atoms with van der Waals surface area (Å²) in [6.07, 6.45) is 5.53. The highest BCUT2D eigenvalue weighted by Gasteiger charge is 2.18. The minimum Gasteiger partial charge on any atom is -0.320 e. The van der Waals surface area contributed by atoms with Crippen molar-refractivity contribution in [1.29, 1.82) is 0 Å². The highest BCUT2D eigenvalue weighted by atomic mass is 16.2. The van der Waals surface area contributed by atoms with E-state index >= 15 is 0 Å². The molecular weight excluding hydrogens is 476 g/mol. The molecule has 0 bridgehead atoms. The van der Waals surface area contributed by atoms with Crippen LogP contribution in [0.2, 0.25) is 0 Å². The van der Waals surface area contributed by atoms with Gasteiger partial charge in [-0.2, -0.15) is 10.2 Å². The fourth-order valence-corrected chi connectivity index (χ4v) is 4.28. The van der Waals surface area contributed by atoms with Gasteiger partial charge in [0.15, 0.2) is 5.78 Å². The lowest BCUT2D eigenvalue weighted by molar-refractivity contribution is 0.101. The number of nitrogens with one attached hydrogen (secondary N) is 2. The van der Waals surface area contributed by atoms with Gasteiger partial charge in [0.2, 0.25) is 0 Å². The van der Waals surface area contributed by atoms with Crippen molar-refractivity contribution in [2.24, 2.45) is 0 Å². The summed E-state index contributed by atoms with van der Waals surface area (Å²) in [6, 6.07) is 18.3. The lowest BCUT2D eigenvalue weighted by Crippen LogP contribution is -2.19. The van der Waals surface area contributed by atoms with Crippen LogP contribution in [-0.2, 0) is 0 Å². The van der Waals surface area contributed by atoms with E-state index in [1.165, 1.54) is 0 Å². The molecule has 3 aromatic heterocycles. The number of aromatic amines is 1. The number of rotatable bonds is 7. The molecule has 5 rings (SSSR count). The van der Waals surface area contributed by atoms with Crippen molar-refractivity contribution in [1.82, 2.24) is 25.0 Å². The van der Waals surface area contributed by atoms with Gasteiger partial charge in [0.05, 0.1) is 22.6 Å². The van der Waals surface area contributed by atoms with Gasteiger partial charge in [-0.05, 0) is 81.8 Å². The zero-order valence-corrected chi connectivity index (χ0v) is 21.7. The summed E-state index contributed by atoms with van der Waals surface area (Å²) in [7, 11) is 0. The first kappa shape index (κ1) is 24.8. The van der Waals surface area contributed by atoms with Crippen LogP contribution in [0.3, 0.4) is 0 Å². The summed E-state index contributed by atoms with van der Waals surface area (Å²) < 4.78 is 1.70. The van der Waals surface area contributed by atoms with E-state index in [0.717, 1.165) is 33.5 Å². The lowest BCUT2D eigenvalue weighted by Gasteiger charge is -2.13. The molecule has 2 aromatic carbocycles. The third kappa shape index (κ3) is 5.01. The van der Waals surface area contributed by atoms with Gasteiger partial charge in [-0.15, -0.1) is 0 Å². The minimum absolute atomic E-state index is 0.0434. The maximum atomic E-state index is 13.4. The molecule has 5 aromatic rings. The normalized spacial score (nSPS) is 11.5. The Hall–Kier alpha value is -4.85. The van der Waals surface area contributed by atoms with Crippen molar-refractivity contribution in [2.75, 3.05) is 5.32 Å². The number of aryl methyl sites for hydroxylation is 2. The smallest absolute Gasteiger partial charge is 0.273 e. The predicted molar refractivity (Wildman–Crippen MR) is 149 cm³/mol. The molecule has 3 heterocycles. The van der Waals surface area contributed by atoms with Crippen LogP contribution in [0.5, 0.6) is 0 Å². The Kier molecular flexibility index (Phi) is 6.70. The summed E-state index contributed by atoms with van der Waals surface area (Å²) in [5, 5.41) is 15.7. The average molecular weight is 505 g/mol. The second-order valence-electron chi connectivity index (χ2n) is 9.48. The van der Waals surface area contributed by atoms with Crippen LogP contribution in [0.25, 0.3) is 23.1 Å². The summed E-state index contributed by atoms with van der Waals surface area (Å²) >= 11 is 0. The molecular formula is C30H28N6O2. The summed E-state index contributed by atoms with van der Waals surface area (Å²) in [6.45, 7) is 7.70. The topological polar surface area (TPSA) is 106 Å². The zero-order chi connectivity index (χ0) is 26.8. The first-order valence-electron chi connectivity index (χ1n) is 12.4. The van der Waals surface area contributed by atoms with Crippen molar-refractivity contribution in [3.05, 3.63) is 106 Å². The Morgan fingerprint density at radius 1 is 0.974 bits per heavy atom. The second-order valence-corrected chi connectivity index (χ2v) is 9.48. The number of hydrogen-bond acceptors (Lipinski definition) is 5. The van der Waals surface area contributed by atoms with Gasteiger partial charge in [0.1, 0.15) is 5.69 Å². The Balaban J connectivity index is 1.38. The van der Waals surface area contributed by atoms with E-state index in [4.69, 9.17) is 0 Å². The molecule has 38 heavy (non-hydrogen) atoms. The van der Waals surface area contributed by atoms with E-state index in [9.17, 15) is 9.59 Å². The number of ketones is 1. The van der Waals surface area contributed by atoms with Crippen LogP contribution in [0.15, 0.2) is 66.9 Å². The van der Waals surface area contributed by atoms with E-state index in [0.29, 0.717) is 22.5 Å². The van der Waals surface area contributed by atoms with Crippen LogP contribution in [0.1, 0.15) is 68.9 Å². The molecule has 2 N–H and O–H groups in total. The van der Waals surface area contributed by atoms with E-state index in [1.807, 2.05) is 70.2 Å². The fraction of sp³-hybridized carbons (Fsp3) is 0.167. The number of carbonyl (C=O) groups is 2. The fourth-order valence-electron chi connectivity index (χ4n) is 4.28. The molecule has 0 aliphatic heterocycles. The number of carbonyl (C=O) groups excluding carboxylic acids is 2. The molecule has 0 aliphatic carbocycles. The van der Waals surface area contributed by atoms with Crippen molar-refractivity contribution >= 4 is 40.4 Å². The lowest BCUT2D eigenvalue weighted by atomic mass is 9.99. The average Bonchev–Trinajstić information content (AvgIpc) is 3.52. The number of aromatic nitrogens is 5. The predicted octanol–water partition coefficient (Wildman–Crippen LogP) is 6.01. The van der Waals surface area contributed by atoms with Gasteiger partial charge >= 0.3 is 0 Å². The van der Waals surface area contributed by atoms with E-state index < -0.39 is 0 Å². The molecule has 0 saturated heterocycles. The number of fused-ring (bicyclic) bond motifs is 1. The first-order chi connectivity index (χ1) is 18.3. The van der Waals surface area contributed by atoms with E-state index in [-0.39, 0.29) is 17.7 Å². The standard InChI is InChI=1S/C30H28N6O2/c1-18(2)36-28(15-20(4)35-36)30(38)32-26-16-21(9-8-19(26)3)29(37)22-10-12-24-25(33-34-27(24)17-22)13-11-23-7-5-6-14-31-23/h5-18H,1-4H3,(H,32,38)(H,33,34). The number of H-pyrrole nitrogens is 1. The number of hydrogen-bond donors (Lipinski definition) is 2. The minimum atomic E-state index is -0.267. The molecule has 190 valence electrons. The number of pyridine rings is 1. The number of nitrogens with zero attached hydrogens (tertiary/aromatic N) is 4.